The van der Waals surface area contributed by atoms with Crippen LogP contribution in [0.3, 0.4) is 0 Å². The summed E-state index contributed by atoms with van der Waals surface area (Å²) in [5.41, 5.74) is 1.85. The SMILES string of the molecule is CCN(Cc1ccccc1)C(=O)CCN1C(=O)/C(=C/c2ccccc2Cl)SC1=S. The van der Waals surface area contributed by atoms with Crippen LogP contribution in [0.2, 0.25) is 5.02 Å². The third-order valence-electron chi connectivity index (χ3n) is 4.57. The van der Waals surface area contributed by atoms with E-state index in [9.17, 15) is 9.59 Å². The van der Waals surface area contributed by atoms with E-state index in [2.05, 4.69) is 0 Å². The molecule has 0 bridgehead atoms. The van der Waals surface area contributed by atoms with E-state index in [0.717, 1.165) is 11.1 Å². The van der Waals surface area contributed by atoms with Crippen molar-refractivity contribution in [3.8, 4) is 0 Å². The number of halogens is 1. The Morgan fingerprint density at radius 2 is 1.86 bits per heavy atom. The minimum absolute atomic E-state index is 0.000450. The standard InChI is InChI=1S/C22H21ClN2O2S2/c1-2-24(15-16-8-4-3-5-9-16)20(26)12-13-25-21(27)19(29-22(25)28)14-17-10-6-7-11-18(17)23/h3-11,14H,2,12-13,15H2,1H3/b19-14-. The van der Waals surface area contributed by atoms with E-state index in [1.165, 1.54) is 16.7 Å². The van der Waals surface area contributed by atoms with Gasteiger partial charge in [0.05, 0.1) is 4.91 Å². The van der Waals surface area contributed by atoms with Crippen LogP contribution in [0.4, 0.5) is 0 Å². The topological polar surface area (TPSA) is 40.6 Å². The first-order chi connectivity index (χ1) is 14.0. The van der Waals surface area contributed by atoms with Crippen molar-refractivity contribution >= 4 is 57.8 Å². The summed E-state index contributed by atoms with van der Waals surface area (Å²) in [6, 6.07) is 17.2. The fourth-order valence-electron chi connectivity index (χ4n) is 2.97. The van der Waals surface area contributed by atoms with Gasteiger partial charge in [-0.1, -0.05) is 84.1 Å². The molecule has 2 aromatic rings. The highest BCUT2D eigenvalue weighted by molar-refractivity contribution is 8.26. The van der Waals surface area contributed by atoms with Gasteiger partial charge in [0.15, 0.2) is 0 Å². The summed E-state index contributed by atoms with van der Waals surface area (Å²) in [6.07, 6.45) is 1.98. The summed E-state index contributed by atoms with van der Waals surface area (Å²) in [4.78, 5) is 29.2. The summed E-state index contributed by atoms with van der Waals surface area (Å²) in [5, 5.41) is 0.576. The predicted octanol–water partition coefficient (Wildman–Crippen LogP) is 4.98. The Kier molecular flexibility index (Phi) is 7.47. The molecule has 29 heavy (non-hydrogen) atoms. The Balaban J connectivity index is 1.62. The summed E-state index contributed by atoms with van der Waals surface area (Å²) in [7, 11) is 0. The number of hydrogen-bond acceptors (Lipinski definition) is 4. The molecule has 0 radical (unpaired) electrons. The predicted molar refractivity (Wildman–Crippen MR) is 123 cm³/mol. The van der Waals surface area contributed by atoms with Crippen LogP contribution in [0, 0.1) is 0 Å². The number of carbonyl (C=O) groups excluding carboxylic acids is 2. The van der Waals surface area contributed by atoms with Crippen LogP contribution in [-0.2, 0) is 16.1 Å². The molecule has 0 spiro atoms. The highest BCUT2D eigenvalue weighted by Crippen LogP contribution is 2.33. The molecule has 0 aromatic heterocycles. The van der Waals surface area contributed by atoms with Gasteiger partial charge in [-0.3, -0.25) is 14.5 Å². The molecular formula is C22H21ClN2O2S2. The number of hydrogen-bond donors (Lipinski definition) is 0. The van der Waals surface area contributed by atoms with Gasteiger partial charge in [0.2, 0.25) is 5.91 Å². The Morgan fingerprint density at radius 1 is 1.17 bits per heavy atom. The van der Waals surface area contributed by atoms with Crippen molar-refractivity contribution < 1.29 is 9.59 Å². The van der Waals surface area contributed by atoms with Crippen molar-refractivity contribution in [3.63, 3.8) is 0 Å². The molecule has 2 aromatic carbocycles. The van der Waals surface area contributed by atoms with Gasteiger partial charge in [-0.25, -0.2) is 0 Å². The summed E-state index contributed by atoms with van der Waals surface area (Å²) >= 11 is 12.8. The molecule has 1 aliphatic heterocycles. The van der Waals surface area contributed by atoms with Crippen LogP contribution in [0.15, 0.2) is 59.5 Å². The maximum absolute atomic E-state index is 12.8. The lowest BCUT2D eigenvalue weighted by Gasteiger charge is -2.22. The van der Waals surface area contributed by atoms with Crippen LogP contribution in [-0.4, -0.2) is 39.0 Å². The molecular weight excluding hydrogens is 424 g/mol. The lowest BCUT2D eigenvalue weighted by atomic mass is 10.2. The van der Waals surface area contributed by atoms with E-state index in [1.54, 1.807) is 17.0 Å². The molecule has 3 rings (SSSR count). The number of nitrogens with zero attached hydrogens (tertiary/aromatic N) is 2. The van der Waals surface area contributed by atoms with Gasteiger partial charge in [0.25, 0.3) is 5.91 Å². The van der Waals surface area contributed by atoms with E-state index < -0.39 is 0 Å². The number of carbonyl (C=O) groups is 2. The third kappa shape index (κ3) is 5.47. The summed E-state index contributed by atoms with van der Waals surface area (Å²) in [6.45, 7) is 3.39. The molecule has 0 N–H and O–H groups in total. The minimum Gasteiger partial charge on any atom is -0.339 e. The Hall–Kier alpha value is -2.15. The van der Waals surface area contributed by atoms with Crippen LogP contribution in [0.5, 0.6) is 0 Å². The molecule has 4 nitrogen and oxygen atoms in total. The van der Waals surface area contributed by atoms with Crippen molar-refractivity contribution in [1.29, 1.82) is 0 Å². The first kappa shape index (κ1) is 21.6. The maximum atomic E-state index is 12.8. The quantitative estimate of drug-likeness (QED) is 0.446. The molecule has 2 amide bonds. The molecule has 0 atom stereocenters. The second-order valence-electron chi connectivity index (χ2n) is 6.50. The zero-order valence-electron chi connectivity index (χ0n) is 16.0. The zero-order valence-corrected chi connectivity index (χ0v) is 18.4. The first-order valence-electron chi connectivity index (χ1n) is 9.31. The molecule has 7 heteroatoms. The van der Waals surface area contributed by atoms with E-state index >= 15 is 0 Å². The van der Waals surface area contributed by atoms with Gasteiger partial charge >= 0.3 is 0 Å². The van der Waals surface area contributed by atoms with Gasteiger partial charge in [-0.15, -0.1) is 0 Å². The lowest BCUT2D eigenvalue weighted by molar-refractivity contribution is -0.132. The van der Waals surface area contributed by atoms with E-state index in [0.29, 0.717) is 27.3 Å². The number of thiocarbonyl (C=S) groups is 1. The summed E-state index contributed by atoms with van der Waals surface area (Å²) in [5.74, 6) is -0.181. The van der Waals surface area contributed by atoms with E-state index in [4.69, 9.17) is 23.8 Å². The molecule has 1 aliphatic rings. The van der Waals surface area contributed by atoms with Gasteiger partial charge in [-0.05, 0) is 30.2 Å². The van der Waals surface area contributed by atoms with Gasteiger partial charge in [0.1, 0.15) is 4.32 Å². The van der Waals surface area contributed by atoms with Crippen LogP contribution in [0.1, 0.15) is 24.5 Å². The second kappa shape index (κ2) is 10.1. The molecule has 1 saturated heterocycles. The fourth-order valence-corrected chi connectivity index (χ4v) is 4.46. The van der Waals surface area contributed by atoms with Crippen molar-refractivity contribution in [1.82, 2.24) is 9.80 Å². The normalized spacial score (nSPS) is 15.2. The van der Waals surface area contributed by atoms with Crippen LogP contribution < -0.4 is 0 Å². The highest BCUT2D eigenvalue weighted by atomic mass is 35.5. The van der Waals surface area contributed by atoms with Crippen LogP contribution in [0.25, 0.3) is 6.08 Å². The highest BCUT2D eigenvalue weighted by Gasteiger charge is 2.32. The first-order valence-corrected chi connectivity index (χ1v) is 10.9. The number of thioether (sulfide) groups is 1. The summed E-state index contributed by atoms with van der Waals surface area (Å²) < 4.78 is 0.465. The van der Waals surface area contributed by atoms with Crippen molar-refractivity contribution in [2.24, 2.45) is 0 Å². The van der Waals surface area contributed by atoms with Gasteiger partial charge < -0.3 is 4.90 Å². The molecule has 1 fully saturated rings. The average Bonchev–Trinajstić information content (AvgIpc) is 2.99. The smallest absolute Gasteiger partial charge is 0.266 e. The van der Waals surface area contributed by atoms with E-state index in [1.807, 2.05) is 55.5 Å². The molecule has 1 heterocycles. The second-order valence-corrected chi connectivity index (χ2v) is 8.58. The number of amides is 2. The Labute approximate surface area is 185 Å². The molecule has 0 aliphatic carbocycles. The molecule has 0 unspecified atom stereocenters. The Bertz CT molecular complexity index is 947. The molecule has 0 saturated carbocycles. The van der Waals surface area contributed by atoms with Crippen molar-refractivity contribution in [2.75, 3.05) is 13.1 Å². The van der Waals surface area contributed by atoms with Gasteiger partial charge in [-0.2, -0.15) is 0 Å². The lowest BCUT2D eigenvalue weighted by Crippen LogP contribution is -2.35. The minimum atomic E-state index is -0.182. The van der Waals surface area contributed by atoms with Crippen molar-refractivity contribution in [3.05, 3.63) is 75.7 Å². The largest absolute Gasteiger partial charge is 0.339 e. The zero-order chi connectivity index (χ0) is 20.8. The van der Waals surface area contributed by atoms with Gasteiger partial charge in [0, 0.05) is 31.1 Å². The maximum Gasteiger partial charge on any atom is 0.266 e. The Morgan fingerprint density at radius 3 is 2.55 bits per heavy atom. The average molecular weight is 445 g/mol. The van der Waals surface area contributed by atoms with Crippen molar-refractivity contribution in [2.45, 2.75) is 19.9 Å². The number of rotatable bonds is 7. The monoisotopic (exact) mass is 444 g/mol. The van der Waals surface area contributed by atoms with Crippen LogP contribution >= 0.6 is 35.6 Å². The number of benzene rings is 2. The fraction of sp³-hybridized carbons (Fsp3) is 0.227. The van der Waals surface area contributed by atoms with E-state index in [-0.39, 0.29) is 24.8 Å². The third-order valence-corrected chi connectivity index (χ3v) is 6.29. The molecule has 150 valence electrons.